The molecule has 0 spiro atoms. The third kappa shape index (κ3) is 5.34. The number of anilines is 1. The molecule has 6 heteroatoms. The minimum atomic E-state index is -0.0129. The first kappa shape index (κ1) is 18.5. The van der Waals surface area contributed by atoms with E-state index in [1.165, 1.54) is 16.2 Å². The van der Waals surface area contributed by atoms with E-state index in [2.05, 4.69) is 10.3 Å². The molecular weight excluding hydrogens is 364 g/mol. The fraction of sp³-hybridized carbons (Fsp3) is 0.200. The SMILES string of the molecule is CCOc1ccc(-c2csc(NC(=O)CCSc3ccccc3)n2)cc1. The highest BCUT2D eigenvalue weighted by Crippen LogP contribution is 2.27. The van der Waals surface area contributed by atoms with Crippen LogP contribution in [0.5, 0.6) is 5.75 Å². The average molecular weight is 385 g/mol. The lowest BCUT2D eigenvalue weighted by Crippen LogP contribution is -2.11. The standard InChI is InChI=1S/C20H20N2O2S2/c1-2-24-16-10-8-15(9-11-16)18-14-26-20(21-18)22-19(23)12-13-25-17-6-4-3-5-7-17/h3-11,14H,2,12-13H2,1H3,(H,21,22,23). The van der Waals surface area contributed by atoms with Crippen LogP contribution in [-0.4, -0.2) is 23.3 Å². The normalized spacial score (nSPS) is 10.5. The van der Waals surface area contributed by atoms with Gasteiger partial charge in [-0.2, -0.15) is 0 Å². The molecule has 0 aliphatic heterocycles. The monoisotopic (exact) mass is 384 g/mol. The van der Waals surface area contributed by atoms with Crippen molar-refractivity contribution in [3.8, 4) is 17.0 Å². The van der Waals surface area contributed by atoms with Crippen LogP contribution in [0.15, 0.2) is 64.9 Å². The molecule has 1 heterocycles. The summed E-state index contributed by atoms with van der Waals surface area (Å²) in [7, 11) is 0. The number of carbonyl (C=O) groups is 1. The summed E-state index contributed by atoms with van der Waals surface area (Å²) < 4.78 is 5.45. The Morgan fingerprint density at radius 3 is 2.65 bits per heavy atom. The van der Waals surface area contributed by atoms with Crippen molar-refractivity contribution in [2.75, 3.05) is 17.7 Å². The van der Waals surface area contributed by atoms with Crippen LogP contribution in [0.25, 0.3) is 11.3 Å². The molecule has 0 radical (unpaired) electrons. The fourth-order valence-corrected chi connectivity index (χ4v) is 3.92. The highest BCUT2D eigenvalue weighted by atomic mass is 32.2. The van der Waals surface area contributed by atoms with Gasteiger partial charge in [-0.15, -0.1) is 23.1 Å². The predicted molar refractivity (Wildman–Crippen MR) is 109 cm³/mol. The van der Waals surface area contributed by atoms with Gasteiger partial charge in [-0.3, -0.25) is 4.79 Å². The minimum Gasteiger partial charge on any atom is -0.494 e. The van der Waals surface area contributed by atoms with Crippen molar-refractivity contribution in [3.05, 3.63) is 60.0 Å². The molecular formula is C20H20N2O2S2. The second-order valence-corrected chi connectivity index (χ2v) is 7.48. The first-order valence-electron chi connectivity index (χ1n) is 8.41. The Morgan fingerprint density at radius 2 is 1.92 bits per heavy atom. The summed E-state index contributed by atoms with van der Waals surface area (Å²) >= 11 is 3.11. The maximum Gasteiger partial charge on any atom is 0.226 e. The lowest BCUT2D eigenvalue weighted by atomic mass is 10.2. The fourth-order valence-electron chi connectivity index (χ4n) is 2.31. The Bertz CT molecular complexity index is 833. The molecule has 3 aromatic rings. The Balaban J connectivity index is 1.50. The Hall–Kier alpha value is -2.31. The lowest BCUT2D eigenvalue weighted by molar-refractivity contribution is -0.115. The molecule has 3 rings (SSSR count). The van der Waals surface area contributed by atoms with Gasteiger partial charge < -0.3 is 10.1 Å². The van der Waals surface area contributed by atoms with Crippen LogP contribution in [0, 0.1) is 0 Å². The van der Waals surface area contributed by atoms with E-state index in [-0.39, 0.29) is 5.91 Å². The number of thiazole rings is 1. The lowest BCUT2D eigenvalue weighted by Gasteiger charge is -2.03. The molecule has 0 bridgehead atoms. The summed E-state index contributed by atoms with van der Waals surface area (Å²) in [6.07, 6.45) is 0.456. The molecule has 1 N–H and O–H groups in total. The summed E-state index contributed by atoms with van der Waals surface area (Å²) in [6, 6.07) is 17.9. The van der Waals surface area contributed by atoms with Crippen LogP contribution >= 0.6 is 23.1 Å². The highest BCUT2D eigenvalue weighted by Gasteiger charge is 2.08. The average Bonchev–Trinajstić information content (AvgIpc) is 3.12. The molecule has 2 aromatic carbocycles. The molecule has 1 aromatic heterocycles. The van der Waals surface area contributed by atoms with E-state index in [0.717, 1.165) is 22.8 Å². The minimum absolute atomic E-state index is 0.0129. The van der Waals surface area contributed by atoms with Gasteiger partial charge in [-0.1, -0.05) is 18.2 Å². The second kappa shape index (κ2) is 9.40. The number of carbonyl (C=O) groups excluding carboxylic acids is 1. The van der Waals surface area contributed by atoms with E-state index in [9.17, 15) is 4.79 Å². The van der Waals surface area contributed by atoms with E-state index in [0.29, 0.717) is 18.2 Å². The zero-order valence-electron chi connectivity index (χ0n) is 14.5. The summed E-state index contributed by atoms with van der Waals surface area (Å²) in [5.41, 5.74) is 1.86. The van der Waals surface area contributed by atoms with Crippen molar-refractivity contribution < 1.29 is 9.53 Å². The van der Waals surface area contributed by atoms with Crippen LogP contribution in [0.1, 0.15) is 13.3 Å². The number of thioether (sulfide) groups is 1. The van der Waals surface area contributed by atoms with Crippen molar-refractivity contribution in [1.82, 2.24) is 4.98 Å². The summed E-state index contributed by atoms with van der Waals surface area (Å²) in [6.45, 7) is 2.61. The van der Waals surface area contributed by atoms with E-state index in [4.69, 9.17) is 4.74 Å². The van der Waals surface area contributed by atoms with Gasteiger partial charge in [0, 0.05) is 28.0 Å². The Kier molecular flexibility index (Phi) is 6.68. The molecule has 0 saturated carbocycles. The van der Waals surface area contributed by atoms with Crippen molar-refractivity contribution in [1.29, 1.82) is 0 Å². The third-order valence-electron chi connectivity index (χ3n) is 3.55. The molecule has 0 fully saturated rings. The topological polar surface area (TPSA) is 51.2 Å². The molecule has 4 nitrogen and oxygen atoms in total. The van der Waals surface area contributed by atoms with Crippen molar-refractivity contribution >= 4 is 34.1 Å². The van der Waals surface area contributed by atoms with Gasteiger partial charge in [-0.25, -0.2) is 4.98 Å². The van der Waals surface area contributed by atoms with E-state index in [1.807, 2.05) is 66.9 Å². The molecule has 0 unspecified atom stereocenters. The van der Waals surface area contributed by atoms with E-state index >= 15 is 0 Å². The molecule has 0 aliphatic carbocycles. The van der Waals surface area contributed by atoms with Crippen LogP contribution in [0.3, 0.4) is 0 Å². The van der Waals surface area contributed by atoms with Gasteiger partial charge >= 0.3 is 0 Å². The van der Waals surface area contributed by atoms with Gasteiger partial charge in [-0.05, 0) is 43.3 Å². The van der Waals surface area contributed by atoms with Crippen LogP contribution in [0.2, 0.25) is 0 Å². The number of hydrogen-bond acceptors (Lipinski definition) is 5. The van der Waals surface area contributed by atoms with Crippen LogP contribution < -0.4 is 10.1 Å². The first-order valence-corrected chi connectivity index (χ1v) is 10.3. The van der Waals surface area contributed by atoms with Gasteiger partial charge in [0.1, 0.15) is 5.75 Å². The molecule has 0 atom stereocenters. The quantitative estimate of drug-likeness (QED) is 0.533. The van der Waals surface area contributed by atoms with Crippen LogP contribution in [0.4, 0.5) is 5.13 Å². The van der Waals surface area contributed by atoms with Crippen molar-refractivity contribution in [3.63, 3.8) is 0 Å². The molecule has 26 heavy (non-hydrogen) atoms. The largest absolute Gasteiger partial charge is 0.494 e. The smallest absolute Gasteiger partial charge is 0.226 e. The van der Waals surface area contributed by atoms with E-state index < -0.39 is 0 Å². The number of nitrogens with one attached hydrogen (secondary N) is 1. The third-order valence-corrected chi connectivity index (χ3v) is 5.32. The zero-order valence-corrected chi connectivity index (χ0v) is 16.1. The molecule has 1 amide bonds. The summed E-state index contributed by atoms with van der Waals surface area (Å²) in [5, 5.41) is 5.46. The molecule has 134 valence electrons. The van der Waals surface area contributed by atoms with Crippen LogP contribution in [-0.2, 0) is 4.79 Å². The summed E-state index contributed by atoms with van der Waals surface area (Å²) in [4.78, 5) is 17.8. The van der Waals surface area contributed by atoms with Crippen molar-refractivity contribution in [2.24, 2.45) is 0 Å². The number of aromatic nitrogens is 1. The van der Waals surface area contributed by atoms with Gasteiger partial charge in [0.05, 0.1) is 12.3 Å². The molecule has 0 saturated heterocycles. The first-order chi connectivity index (χ1) is 12.7. The molecule has 0 aliphatic rings. The van der Waals surface area contributed by atoms with Gasteiger partial charge in [0.2, 0.25) is 5.91 Å². The van der Waals surface area contributed by atoms with Crippen molar-refractivity contribution in [2.45, 2.75) is 18.2 Å². The Labute approximate surface area is 161 Å². The van der Waals surface area contributed by atoms with Gasteiger partial charge in [0.15, 0.2) is 5.13 Å². The predicted octanol–water partition coefficient (Wildman–Crippen LogP) is 5.33. The maximum atomic E-state index is 12.1. The number of ether oxygens (including phenoxy) is 1. The number of rotatable bonds is 8. The summed E-state index contributed by atoms with van der Waals surface area (Å²) in [5.74, 6) is 1.57. The maximum absolute atomic E-state index is 12.1. The number of hydrogen-bond donors (Lipinski definition) is 1. The highest BCUT2D eigenvalue weighted by molar-refractivity contribution is 7.99. The Morgan fingerprint density at radius 1 is 1.15 bits per heavy atom. The number of benzene rings is 2. The number of nitrogens with zero attached hydrogens (tertiary/aromatic N) is 1. The van der Waals surface area contributed by atoms with Gasteiger partial charge in [0.25, 0.3) is 0 Å². The number of amides is 1. The van der Waals surface area contributed by atoms with E-state index in [1.54, 1.807) is 11.8 Å². The zero-order chi connectivity index (χ0) is 18.2. The second-order valence-electron chi connectivity index (χ2n) is 5.45.